The van der Waals surface area contributed by atoms with E-state index in [1.807, 2.05) is 43.5 Å². The average Bonchev–Trinajstić information content (AvgIpc) is 3.06. The van der Waals surface area contributed by atoms with Gasteiger partial charge in [0.25, 0.3) is 0 Å². The van der Waals surface area contributed by atoms with Crippen molar-refractivity contribution in [2.75, 3.05) is 18.1 Å². The molecular formula is C18H23BrN2O3S. The Morgan fingerprint density at radius 2 is 2.16 bits per heavy atom. The van der Waals surface area contributed by atoms with Gasteiger partial charge < -0.3 is 15.2 Å². The monoisotopic (exact) mass is 426 g/mol. The number of rotatable bonds is 8. The Hall–Kier alpha value is -1.41. The van der Waals surface area contributed by atoms with Gasteiger partial charge in [0, 0.05) is 19.5 Å². The van der Waals surface area contributed by atoms with Gasteiger partial charge >= 0.3 is 0 Å². The first-order chi connectivity index (χ1) is 11.9. The number of carbonyl (C=O) groups is 1. The van der Waals surface area contributed by atoms with Gasteiger partial charge in [0.1, 0.15) is 23.5 Å². The van der Waals surface area contributed by atoms with Gasteiger partial charge in [-0.3, -0.25) is 9.69 Å². The van der Waals surface area contributed by atoms with Crippen molar-refractivity contribution >= 4 is 43.9 Å². The number of carbonyl (C=O) groups excluding carboxylic acids is 1. The van der Waals surface area contributed by atoms with E-state index in [1.54, 1.807) is 11.0 Å². The second-order valence-corrected chi connectivity index (χ2v) is 7.73. The maximum atomic E-state index is 12.0. The molecule has 2 aromatic rings. The molecule has 1 amide bonds. The van der Waals surface area contributed by atoms with E-state index in [4.69, 9.17) is 4.74 Å². The molecular weight excluding hydrogens is 404 g/mol. The van der Waals surface area contributed by atoms with E-state index in [2.05, 4.69) is 21.2 Å². The number of aliphatic hydroxyl groups excluding tert-OH is 1. The third kappa shape index (κ3) is 5.81. The van der Waals surface area contributed by atoms with Gasteiger partial charge in [-0.15, -0.1) is 11.3 Å². The highest BCUT2D eigenvalue weighted by atomic mass is 79.9. The number of hydrogen-bond donors (Lipinski definition) is 2. The summed E-state index contributed by atoms with van der Waals surface area (Å²) in [7, 11) is 0. The fraction of sp³-hybridized carbons (Fsp3) is 0.389. The van der Waals surface area contributed by atoms with Gasteiger partial charge in [0.2, 0.25) is 5.91 Å². The van der Waals surface area contributed by atoms with Crippen molar-refractivity contribution in [1.82, 2.24) is 5.32 Å². The molecule has 1 aromatic heterocycles. The minimum Gasteiger partial charge on any atom is -0.490 e. The van der Waals surface area contributed by atoms with Crippen molar-refractivity contribution in [2.45, 2.75) is 32.9 Å². The van der Waals surface area contributed by atoms with Gasteiger partial charge in [-0.05, 0) is 51.6 Å². The van der Waals surface area contributed by atoms with Crippen molar-refractivity contribution in [3.63, 3.8) is 0 Å². The van der Waals surface area contributed by atoms with Gasteiger partial charge in [0.05, 0.1) is 10.2 Å². The Kier molecular flexibility index (Phi) is 7.43. The van der Waals surface area contributed by atoms with Crippen molar-refractivity contribution in [3.05, 3.63) is 40.2 Å². The van der Waals surface area contributed by atoms with Crippen LogP contribution in [0.4, 0.5) is 10.7 Å². The van der Waals surface area contributed by atoms with E-state index in [1.165, 1.54) is 18.3 Å². The maximum Gasteiger partial charge on any atom is 0.229 e. The van der Waals surface area contributed by atoms with Crippen LogP contribution in [0, 0.1) is 0 Å². The lowest BCUT2D eigenvalue weighted by Gasteiger charge is -2.21. The summed E-state index contributed by atoms with van der Waals surface area (Å²) in [6.45, 7) is 6.26. The summed E-state index contributed by atoms with van der Waals surface area (Å²) in [5.74, 6) is 0.570. The number of aliphatic hydroxyl groups is 1. The van der Waals surface area contributed by atoms with Crippen molar-refractivity contribution in [2.24, 2.45) is 0 Å². The summed E-state index contributed by atoms with van der Waals surface area (Å²) >= 11 is 4.99. The molecule has 0 aliphatic rings. The molecule has 0 aliphatic carbocycles. The normalized spacial score (nSPS) is 12.2. The number of nitrogens with zero attached hydrogens (tertiary/aromatic N) is 1. The van der Waals surface area contributed by atoms with Crippen LogP contribution >= 0.6 is 27.3 Å². The molecule has 0 fully saturated rings. The number of benzene rings is 1. The Morgan fingerprint density at radius 3 is 2.72 bits per heavy atom. The largest absolute Gasteiger partial charge is 0.490 e. The van der Waals surface area contributed by atoms with Crippen molar-refractivity contribution in [1.29, 1.82) is 0 Å². The number of nitrogens with one attached hydrogen (secondary N) is 1. The molecule has 0 bridgehead atoms. The molecule has 2 rings (SSSR count). The second kappa shape index (κ2) is 9.33. The molecule has 25 heavy (non-hydrogen) atoms. The standard InChI is InChI=1S/C18H23BrN2O3S/c1-12(2)20-10-15(23)11-24-17-7-6-14(9-16(17)19)21(13(3)22)18-5-4-8-25-18/h4-9,12,15,20,23H,10-11H2,1-3H3. The molecule has 2 N–H and O–H groups in total. The molecule has 1 unspecified atom stereocenters. The first-order valence-electron chi connectivity index (χ1n) is 8.06. The van der Waals surface area contributed by atoms with Crippen LogP contribution in [0.1, 0.15) is 20.8 Å². The number of thiophene rings is 1. The van der Waals surface area contributed by atoms with Crippen LogP contribution in [0.2, 0.25) is 0 Å². The first-order valence-corrected chi connectivity index (χ1v) is 9.73. The third-order valence-corrected chi connectivity index (χ3v) is 4.88. The summed E-state index contributed by atoms with van der Waals surface area (Å²) in [5, 5.41) is 15.9. The van der Waals surface area contributed by atoms with E-state index >= 15 is 0 Å². The topological polar surface area (TPSA) is 61.8 Å². The van der Waals surface area contributed by atoms with Crippen LogP contribution in [0.25, 0.3) is 0 Å². The quantitative estimate of drug-likeness (QED) is 0.670. The number of ether oxygens (including phenoxy) is 1. The summed E-state index contributed by atoms with van der Waals surface area (Å²) in [5.41, 5.74) is 0.760. The zero-order valence-corrected chi connectivity index (χ0v) is 16.9. The highest BCUT2D eigenvalue weighted by molar-refractivity contribution is 9.10. The van der Waals surface area contributed by atoms with Crippen molar-refractivity contribution < 1.29 is 14.6 Å². The molecule has 136 valence electrons. The van der Waals surface area contributed by atoms with E-state index in [9.17, 15) is 9.90 Å². The van der Waals surface area contributed by atoms with Crippen LogP contribution in [0.5, 0.6) is 5.75 Å². The number of anilines is 2. The lowest BCUT2D eigenvalue weighted by atomic mass is 10.2. The lowest BCUT2D eigenvalue weighted by Crippen LogP contribution is -2.35. The minimum absolute atomic E-state index is 0.0572. The summed E-state index contributed by atoms with van der Waals surface area (Å²) in [4.78, 5) is 13.7. The molecule has 0 saturated heterocycles. The van der Waals surface area contributed by atoms with Crippen LogP contribution < -0.4 is 15.0 Å². The fourth-order valence-electron chi connectivity index (χ4n) is 2.22. The lowest BCUT2D eigenvalue weighted by molar-refractivity contribution is -0.115. The highest BCUT2D eigenvalue weighted by Crippen LogP contribution is 2.35. The summed E-state index contributed by atoms with van der Waals surface area (Å²) in [6.07, 6.45) is -0.589. The third-order valence-electron chi connectivity index (χ3n) is 3.41. The molecule has 5 nitrogen and oxygen atoms in total. The molecule has 0 radical (unpaired) electrons. The van der Waals surface area contributed by atoms with E-state index in [-0.39, 0.29) is 12.5 Å². The Balaban J connectivity index is 2.06. The zero-order valence-electron chi connectivity index (χ0n) is 14.5. The number of amides is 1. The van der Waals surface area contributed by atoms with E-state index in [0.717, 1.165) is 15.2 Å². The fourth-order valence-corrected chi connectivity index (χ4v) is 3.50. The number of halogens is 1. The SMILES string of the molecule is CC(=O)N(c1ccc(OCC(O)CNC(C)C)c(Br)c1)c1cccs1. The second-order valence-electron chi connectivity index (χ2n) is 5.95. The molecule has 7 heteroatoms. The van der Waals surface area contributed by atoms with Crippen molar-refractivity contribution in [3.8, 4) is 5.75 Å². The van der Waals surface area contributed by atoms with Crippen LogP contribution in [0.3, 0.4) is 0 Å². The summed E-state index contributed by atoms with van der Waals surface area (Å²) < 4.78 is 6.41. The van der Waals surface area contributed by atoms with Crippen LogP contribution in [-0.2, 0) is 4.79 Å². The molecule has 1 atom stereocenters. The summed E-state index contributed by atoms with van der Waals surface area (Å²) in [6, 6.07) is 9.61. The molecule has 0 spiro atoms. The predicted molar refractivity (Wildman–Crippen MR) is 106 cm³/mol. The van der Waals surface area contributed by atoms with Crippen LogP contribution in [-0.4, -0.2) is 36.3 Å². The molecule has 1 heterocycles. The first kappa shape index (κ1) is 19.9. The van der Waals surface area contributed by atoms with Gasteiger partial charge in [-0.1, -0.05) is 13.8 Å². The van der Waals surface area contributed by atoms with Gasteiger partial charge in [-0.2, -0.15) is 0 Å². The predicted octanol–water partition coefficient (Wildman–Crippen LogP) is 3.93. The van der Waals surface area contributed by atoms with E-state index in [0.29, 0.717) is 18.3 Å². The zero-order chi connectivity index (χ0) is 18.4. The minimum atomic E-state index is -0.589. The van der Waals surface area contributed by atoms with Crippen LogP contribution in [0.15, 0.2) is 40.2 Å². The molecule has 0 aliphatic heterocycles. The molecule has 0 saturated carbocycles. The van der Waals surface area contributed by atoms with Gasteiger partial charge in [0.15, 0.2) is 0 Å². The van der Waals surface area contributed by atoms with E-state index < -0.39 is 6.10 Å². The average molecular weight is 427 g/mol. The van der Waals surface area contributed by atoms with Gasteiger partial charge in [-0.25, -0.2) is 0 Å². The Morgan fingerprint density at radius 1 is 1.40 bits per heavy atom. The highest BCUT2D eigenvalue weighted by Gasteiger charge is 2.17. The maximum absolute atomic E-state index is 12.0. The Labute approximate surface area is 160 Å². The number of hydrogen-bond acceptors (Lipinski definition) is 5. The smallest absolute Gasteiger partial charge is 0.229 e. The Bertz CT molecular complexity index is 692. The molecule has 1 aromatic carbocycles.